The molecule has 0 spiro atoms. The van der Waals surface area contributed by atoms with E-state index >= 15 is 0 Å². The third-order valence-corrected chi connectivity index (χ3v) is 13.1. The minimum atomic E-state index is -4.53. The van der Waals surface area contributed by atoms with Crippen molar-refractivity contribution in [2.24, 2.45) is 0 Å². The first-order valence-corrected chi connectivity index (χ1v) is 29.2. The largest absolute Gasteiger partial charge is 0.756 e. The Morgan fingerprint density at radius 1 is 0.477 bits per heavy atom. The van der Waals surface area contributed by atoms with Gasteiger partial charge < -0.3 is 27.9 Å². The van der Waals surface area contributed by atoms with Crippen molar-refractivity contribution in [3.05, 3.63) is 36.5 Å². The summed E-state index contributed by atoms with van der Waals surface area (Å²) in [5.41, 5.74) is 0. The summed E-state index contributed by atoms with van der Waals surface area (Å²) in [6.45, 7) is 5.43. The summed E-state index contributed by atoms with van der Waals surface area (Å²) in [6, 6.07) is 0. The molecule has 384 valence electrons. The molecule has 0 fully saturated rings. The Bertz CT molecular complexity index is 1140. The van der Waals surface area contributed by atoms with Gasteiger partial charge in [-0.25, -0.2) is 0 Å². The van der Waals surface area contributed by atoms with Gasteiger partial charge in [-0.2, -0.15) is 0 Å². The lowest BCUT2D eigenvalue weighted by Gasteiger charge is -2.28. The van der Waals surface area contributed by atoms with Gasteiger partial charge in [0.25, 0.3) is 7.82 Å². The molecule has 0 bridgehead atoms. The van der Waals surface area contributed by atoms with Gasteiger partial charge in [0.1, 0.15) is 19.3 Å². The van der Waals surface area contributed by atoms with Gasteiger partial charge in [-0.3, -0.25) is 9.36 Å². The van der Waals surface area contributed by atoms with Crippen LogP contribution in [0.5, 0.6) is 0 Å². The highest BCUT2D eigenvalue weighted by atomic mass is 31.2. The van der Waals surface area contributed by atoms with Crippen LogP contribution in [0.2, 0.25) is 0 Å². The second kappa shape index (κ2) is 49.2. The molecular formula is C56H108NO7P. The predicted octanol–water partition coefficient (Wildman–Crippen LogP) is 16.7. The maximum absolute atomic E-state index is 12.8. The minimum absolute atomic E-state index is 0.0263. The molecular weight excluding hydrogens is 830 g/mol. The molecule has 0 aliphatic carbocycles. The van der Waals surface area contributed by atoms with Crippen molar-refractivity contribution < 1.29 is 37.3 Å². The molecule has 0 radical (unpaired) electrons. The molecule has 65 heavy (non-hydrogen) atoms. The first-order chi connectivity index (χ1) is 31.6. The van der Waals surface area contributed by atoms with Crippen molar-refractivity contribution in [1.82, 2.24) is 0 Å². The SMILES string of the molecule is CCCCCCC/C=C\C/C=C\CCCCCCCCCCCCCCCC(=O)OC(COCCCCCCCCCC/C=C\CCCCCCCC)COP(=O)([O-])OCC[N+](C)(C)C. The molecule has 8 nitrogen and oxygen atoms in total. The summed E-state index contributed by atoms with van der Waals surface area (Å²) in [5, 5.41) is 0. The van der Waals surface area contributed by atoms with Gasteiger partial charge in [-0.1, -0.05) is 217 Å². The van der Waals surface area contributed by atoms with Crippen LogP contribution < -0.4 is 4.89 Å². The molecule has 2 atom stereocenters. The summed E-state index contributed by atoms with van der Waals surface area (Å²) < 4.78 is 34.8. The Kier molecular flexibility index (Phi) is 48.2. The topological polar surface area (TPSA) is 94.1 Å². The number of phosphoric ester groups is 1. The Hall–Kier alpha value is -1.28. The molecule has 0 aromatic carbocycles. The molecule has 2 unspecified atom stereocenters. The van der Waals surface area contributed by atoms with Crippen LogP contribution in [-0.4, -0.2) is 70.7 Å². The fraction of sp³-hybridized carbons (Fsp3) is 0.875. The number of nitrogens with zero attached hydrogens (tertiary/aromatic N) is 1. The van der Waals surface area contributed by atoms with Crippen molar-refractivity contribution in [2.45, 2.75) is 264 Å². The predicted molar refractivity (Wildman–Crippen MR) is 277 cm³/mol. The average molecular weight is 938 g/mol. The van der Waals surface area contributed by atoms with Crippen LogP contribution in [0.15, 0.2) is 36.5 Å². The standard InChI is InChI=1S/C56H108NO7P/c1-6-8-10-12-14-16-18-20-22-24-26-27-28-29-30-31-32-33-35-37-39-41-43-45-47-49-56(58)64-55(54-63-65(59,60)62-52-50-57(3,4)5)53-61-51-48-46-44-42-40-38-36-34-25-23-21-19-17-15-13-11-9-7-2/h18,20-21,23-24,26,55H,6-17,19,22,25,27-54H2,1-5H3/b20-18-,23-21-,26-24-. The second-order valence-electron chi connectivity index (χ2n) is 19.9. The molecule has 0 aromatic heterocycles. The Morgan fingerprint density at radius 2 is 0.846 bits per heavy atom. The third kappa shape index (κ3) is 53.5. The van der Waals surface area contributed by atoms with E-state index in [4.69, 9.17) is 18.5 Å². The first kappa shape index (κ1) is 63.7. The van der Waals surface area contributed by atoms with Crippen molar-refractivity contribution in [2.75, 3.05) is 54.1 Å². The van der Waals surface area contributed by atoms with Crippen molar-refractivity contribution in [3.63, 3.8) is 0 Å². The summed E-state index contributed by atoms with van der Waals surface area (Å²) >= 11 is 0. The number of esters is 1. The minimum Gasteiger partial charge on any atom is -0.756 e. The van der Waals surface area contributed by atoms with Crippen LogP contribution in [-0.2, 0) is 27.9 Å². The number of carbonyl (C=O) groups excluding carboxylic acids is 1. The number of phosphoric acid groups is 1. The zero-order valence-electron chi connectivity index (χ0n) is 43.7. The van der Waals surface area contributed by atoms with Gasteiger partial charge in [0.2, 0.25) is 0 Å². The van der Waals surface area contributed by atoms with Gasteiger partial charge in [0.05, 0.1) is 34.4 Å². The first-order valence-electron chi connectivity index (χ1n) is 27.7. The maximum Gasteiger partial charge on any atom is 0.306 e. The van der Waals surface area contributed by atoms with Gasteiger partial charge >= 0.3 is 5.97 Å². The van der Waals surface area contributed by atoms with Gasteiger partial charge in [0.15, 0.2) is 0 Å². The van der Waals surface area contributed by atoms with Crippen molar-refractivity contribution in [3.8, 4) is 0 Å². The number of hydrogen-bond acceptors (Lipinski definition) is 7. The van der Waals surface area contributed by atoms with E-state index in [0.29, 0.717) is 24.1 Å². The number of rotatable bonds is 52. The van der Waals surface area contributed by atoms with Crippen molar-refractivity contribution in [1.29, 1.82) is 0 Å². The molecule has 0 N–H and O–H groups in total. The quantitative estimate of drug-likeness (QED) is 0.0197. The summed E-state index contributed by atoms with van der Waals surface area (Å²) in [4.78, 5) is 25.2. The van der Waals surface area contributed by atoms with E-state index in [-0.39, 0.29) is 25.8 Å². The van der Waals surface area contributed by atoms with Crippen LogP contribution in [0.3, 0.4) is 0 Å². The maximum atomic E-state index is 12.8. The van der Waals surface area contributed by atoms with E-state index in [2.05, 4.69) is 50.3 Å². The van der Waals surface area contributed by atoms with Crippen LogP contribution >= 0.6 is 7.82 Å². The molecule has 0 amide bonds. The van der Waals surface area contributed by atoms with E-state index in [1.165, 1.54) is 199 Å². The fourth-order valence-electron chi connectivity index (χ4n) is 7.87. The number of hydrogen-bond donors (Lipinski definition) is 0. The summed E-state index contributed by atoms with van der Waals surface area (Å²) in [5.74, 6) is -0.332. The number of unbranched alkanes of at least 4 members (excludes halogenated alkanes) is 32. The van der Waals surface area contributed by atoms with Crippen LogP contribution in [0.1, 0.15) is 258 Å². The molecule has 0 heterocycles. The average Bonchev–Trinajstić information content (AvgIpc) is 3.27. The molecule has 0 aliphatic heterocycles. The highest BCUT2D eigenvalue weighted by Gasteiger charge is 2.20. The Morgan fingerprint density at radius 3 is 1.26 bits per heavy atom. The normalized spacial score (nSPS) is 13.8. The van der Waals surface area contributed by atoms with Crippen LogP contribution in [0.4, 0.5) is 0 Å². The van der Waals surface area contributed by atoms with Crippen LogP contribution in [0.25, 0.3) is 0 Å². The van der Waals surface area contributed by atoms with Gasteiger partial charge in [-0.05, 0) is 70.6 Å². The molecule has 0 aliphatic rings. The lowest BCUT2D eigenvalue weighted by Crippen LogP contribution is -2.37. The van der Waals surface area contributed by atoms with Crippen molar-refractivity contribution >= 4 is 13.8 Å². The van der Waals surface area contributed by atoms with E-state index in [1.54, 1.807) is 0 Å². The number of ether oxygens (including phenoxy) is 2. The van der Waals surface area contributed by atoms with E-state index < -0.39 is 13.9 Å². The smallest absolute Gasteiger partial charge is 0.306 e. The molecule has 0 aromatic rings. The Labute approximate surface area is 404 Å². The summed E-state index contributed by atoms with van der Waals surface area (Å²) in [7, 11) is 1.36. The Balaban J connectivity index is 4.07. The number of carbonyl (C=O) groups is 1. The van der Waals surface area contributed by atoms with E-state index in [1.807, 2.05) is 21.1 Å². The van der Waals surface area contributed by atoms with Gasteiger partial charge in [-0.15, -0.1) is 0 Å². The molecule has 0 rings (SSSR count). The van der Waals surface area contributed by atoms with E-state index in [9.17, 15) is 14.3 Å². The number of allylic oxidation sites excluding steroid dienone is 6. The number of quaternary nitrogens is 1. The highest BCUT2D eigenvalue weighted by molar-refractivity contribution is 7.45. The zero-order chi connectivity index (χ0) is 47.6. The highest BCUT2D eigenvalue weighted by Crippen LogP contribution is 2.38. The second-order valence-corrected chi connectivity index (χ2v) is 21.3. The monoisotopic (exact) mass is 938 g/mol. The molecule has 9 heteroatoms. The lowest BCUT2D eigenvalue weighted by molar-refractivity contribution is -0.870. The summed E-state index contributed by atoms with van der Waals surface area (Å²) in [6.07, 6.45) is 60.3. The fourth-order valence-corrected chi connectivity index (χ4v) is 8.60. The zero-order valence-corrected chi connectivity index (χ0v) is 44.6. The van der Waals surface area contributed by atoms with Gasteiger partial charge in [0, 0.05) is 13.0 Å². The molecule has 0 saturated heterocycles. The lowest BCUT2D eigenvalue weighted by atomic mass is 10.0. The number of likely N-dealkylation sites (N-methyl/N-ethyl adjacent to an activating group) is 1. The molecule has 0 saturated carbocycles. The van der Waals surface area contributed by atoms with E-state index in [0.717, 1.165) is 38.5 Å². The third-order valence-electron chi connectivity index (χ3n) is 12.2. The van der Waals surface area contributed by atoms with Crippen LogP contribution in [0, 0.1) is 0 Å².